The van der Waals surface area contributed by atoms with E-state index in [1.165, 1.54) is 23.8 Å². The number of hydrogen-bond acceptors (Lipinski definition) is 5. The van der Waals surface area contributed by atoms with Gasteiger partial charge in [0.05, 0.1) is 24.8 Å². The molecule has 0 radical (unpaired) electrons. The van der Waals surface area contributed by atoms with Gasteiger partial charge in [-0.2, -0.15) is 0 Å². The van der Waals surface area contributed by atoms with Gasteiger partial charge >= 0.3 is 5.97 Å². The van der Waals surface area contributed by atoms with Gasteiger partial charge in [-0.15, -0.1) is 0 Å². The summed E-state index contributed by atoms with van der Waals surface area (Å²) in [5.41, 5.74) is 6.40. The van der Waals surface area contributed by atoms with Gasteiger partial charge in [-0.25, -0.2) is 4.79 Å². The van der Waals surface area contributed by atoms with Crippen LogP contribution in [0.2, 0.25) is 0 Å². The summed E-state index contributed by atoms with van der Waals surface area (Å²) in [5.74, 6) is 0.493. The van der Waals surface area contributed by atoms with Crippen LogP contribution in [0.4, 0.5) is 0 Å². The van der Waals surface area contributed by atoms with Gasteiger partial charge in [0, 0.05) is 6.54 Å². The molecule has 0 spiro atoms. The number of fused-ring (bicyclic) bond motifs is 2. The topological polar surface area (TPSA) is 76.7 Å². The minimum Gasteiger partial charge on any atom is -0.489 e. The van der Waals surface area contributed by atoms with E-state index in [1.54, 1.807) is 12.1 Å². The van der Waals surface area contributed by atoms with Gasteiger partial charge < -0.3 is 20.1 Å². The largest absolute Gasteiger partial charge is 0.489 e. The molecular formula is C29H30N2O4. The fraction of sp³-hybridized carbons (Fsp3) is 0.310. The Morgan fingerprint density at radius 1 is 1.00 bits per heavy atom. The molecule has 0 saturated carbocycles. The van der Waals surface area contributed by atoms with Crippen molar-refractivity contribution in [2.75, 3.05) is 7.11 Å². The van der Waals surface area contributed by atoms with Crippen LogP contribution in [0.1, 0.15) is 57.1 Å². The molecule has 1 aliphatic heterocycles. The summed E-state index contributed by atoms with van der Waals surface area (Å²) in [7, 11) is 1.37. The quantitative estimate of drug-likeness (QED) is 0.527. The zero-order chi connectivity index (χ0) is 24.2. The fourth-order valence-electron chi connectivity index (χ4n) is 4.96. The van der Waals surface area contributed by atoms with Gasteiger partial charge in [0.2, 0.25) is 5.91 Å². The van der Waals surface area contributed by atoms with E-state index in [-0.39, 0.29) is 24.0 Å². The molecule has 5 rings (SSSR count). The number of esters is 1. The maximum atomic E-state index is 13.1. The third kappa shape index (κ3) is 5.23. The van der Waals surface area contributed by atoms with Crippen molar-refractivity contribution >= 4 is 11.9 Å². The number of methoxy groups -OCH3 is 1. The average molecular weight is 471 g/mol. The number of hydrogen-bond donors (Lipinski definition) is 2. The smallest absolute Gasteiger partial charge is 0.337 e. The molecule has 1 aliphatic carbocycles. The van der Waals surface area contributed by atoms with Gasteiger partial charge in [0.1, 0.15) is 12.4 Å². The van der Waals surface area contributed by atoms with Crippen molar-refractivity contribution in [2.45, 2.75) is 50.9 Å². The highest BCUT2D eigenvalue weighted by atomic mass is 16.5. The summed E-state index contributed by atoms with van der Waals surface area (Å²) in [4.78, 5) is 24.6. The summed E-state index contributed by atoms with van der Waals surface area (Å²) < 4.78 is 10.7. The molecule has 2 aliphatic rings. The van der Waals surface area contributed by atoms with Crippen LogP contribution >= 0.6 is 0 Å². The minimum absolute atomic E-state index is 0.0630. The van der Waals surface area contributed by atoms with Crippen molar-refractivity contribution in [3.63, 3.8) is 0 Å². The molecule has 1 amide bonds. The molecule has 0 unspecified atom stereocenters. The molecule has 180 valence electrons. The van der Waals surface area contributed by atoms with E-state index in [2.05, 4.69) is 41.0 Å². The SMILES string of the molecule is COC(=O)c1ccc(COc2ccc3c(c2)CN[C@H](C(=O)N[C@@H]2CCCc4ccccc42)C3)cc1. The molecular weight excluding hydrogens is 440 g/mol. The Kier molecular flexibility index (Phi) is 6.82. The van der Waals surface area contributed by atoms with E-state index in [0.717, 1.165) is 36.1 Å². The van der Waals surface area contributed by atoms with Crippen molar-refractivity contribution < 1.29 is 19.1 Å². The molecule has 6 nitrogen and oxygen atoms in total. The Labute approximate surface area is 205 Å². The van der Waals surface area contributed by atoms with Gasteiger partial charge in [-0.3, -0.25) is 4.79 Å². The number of amides is 1. The zero-order valence-corrected chi connectivity index (χ0v) is 19.9. The number of nitrogens with one attached hydrogen (secondary N) is 2. The second kappa shape index (κ2) is 10.3. The first-order chi connectivity index (χ1) is 17.1. The molecule has 6 heteroatoms. The first-order valence-corrected chi connectivity index (χ1v) is 12.1. The Bertz CT molecular complexity index is 1220. The molecule has 0 aromatic heterocycles. The molecule has 0 fully saturated rings. The van der Waals surface area contributed by atoms with Crippen LogP contribution in [0.3, 0.4) is 0 Å². The minimum atomic E-state index is -0.352. The van der Waals surface area contributed by atoms with E-state index in [9.17, 15) is 9.59 Å². The Hall–Kier alpha value is -3.64. The molecule has 2 atom stereocenters. The maximum Gasteiger partial charge on any atom is 0.337 e. The fourth-order valence-corrected chi connectivity index (χ4v) is 4.96. The standard InChI is InChI=1S/C29H30N2O4/c1-34-29(33)21-11-9-19(10-12-21)18-35-24-14-13-22-16-27(30-17-23(22)15-24)28(32)31-26-8-4-6-20-5-2-3-7-25(20)26/h2-3,5,7,9-15,26-27,30H,4,6,8,16-18H2,1H3,(H,31,32)/t26-,27+/m1/s1. The lowest BCUT2D eigenvalue weighted by Gasteiger charge is -2.30. The molecule has 1 heterocycles. The average Bonchev–Trinajstić information content (AvgIpc) is 2.91. The van der Waals surface area contributed by atoms with E-state index in [0.29, 0.717) is 25.1 Å². The summed E-state index contributed by atoms with van der Waals surface area (Å²) >= 11 is 0. The third-order valence-electron chi connectivity index (χ3n) is 6.92. The number of aryl methyl sites for hydroxylation is 1. The van der Waals surface area contributed by atoms with Gasteiger partial charge in [-0.05, 0) is 77.8 Å². The Morgan fingerprint density at radius 2 is 1.83 bits per heavy atom. The molecule has 0 saturated heterocycles. The predicted molar refractivity (Wildman–Crippen MR) is 133 cm³/mol. The van der Waals surface area contributed by atoms with Crippen molar-refractivity contribution in [3.05, 3.63) is 100 Å². The molecule has 0 bridgehead atoms. The van der Waals surface area contributed by atoms with E-state index in [4.69, 9.17) is 9.47 Å². The summed E-state index contributed by atoms with van der Waals surface area (Å²) in [6.07, 6.45) is 3.82. The zero-order valence-electron chi connectivity index (χ0n) is 19.9. The lowest BCUT2D eigenvalue weighted by molar-refractivity contribution is -0.124. The Morgan fingerprint density at radius 3 is 2.66 bits per heavy atom. The molecule has 3 aromatic carbocycles. The summed E-state index contributed by atoms with van der Waals surface area (Å²) in [6, 6.07) is 21.5. The highest BCUT2D eigenvalue weighted by molar-refractivity contribution is 5.89. The lowest BCUT2D eigenvalue weighted by Crippen LogP contribution is -2.48. The second-order valence-corrected chi connectivity index (χ2v) is 9.20. The summed E-state index contributed by atoms with van der Waals surface area (Å²) in [6.45, 7) is 1.03. The van der Waals surface area contributed by atoms with Gasteiger partial charge in [0.15, 0.2) is 0 Å². The second-order valence-electron chi connectivity index (χ2n) is 9.20. The van der Waals surface area contributed by atoms with E-state index >= 15 is 0 Å². The normalized spacial score (nSPS) is 18.7. The van der Waals surface area contributed by atoms with Crippen molar-refractivity contribution in [3.8, 4) is 5.75 Å². The number of carbonyl (C=O) groups is 2. The highest BCUT2D eigenvalue weighted by Gasteiger charge is 2.28. The number of rotatable bonds is 6. The lowest BCUT2D eigenvalue weighted by atomic mass is 9.87. The van der Waals surface area contributed by atoms with E-state index in [1.807, 2.05) is 24.3 Å². The maximum absolute atomic E-state index is 13.1. The first-order valence-electron chi connectivity index (χ1n) is 12.1. The first kappa shape index (κ1) is 23.1. The van der Waals surface area contributed by atoms with E-state index < -0.39 is 0 Å². The summed E-state index contributed by atoms with van der Waals surface area (Å²) in [5, 5.41) is 6.69. The molecule has 35 heavy (non-hydrogen) atoms. The molecule has 3 aromatic rings. The Balaban J connectivity index is 1.18. The van der Waals surface area contributed by atoms with Crippen molar-refractivity contribution in [1.29, 1.82) is 0 Å². The van der Waals surface area contributed by atoms with Crippen LogP contribution in [0.5, 0.6) is 5.75 Å². The van der Waals surface area contributed by atoms with Crippen LogP contribution in [0.25, 0.3) is 0 Å². The number of ether oxygens (including phenoxy) is 2. The van der Waals surface area contributed by atoms with Crippen molar-refractivity contribution in [2.24, 2.45) is 0 Å². The van der Waals surface area contributed by atoms with Crippen LogP contribution in [-0.2, 0) is 35.5 Å². The molecule has 2 N–H and O–H groups in total. The van der Waals surface area contributed by atoms with Gasteiger partial charge in [0.25, 0.3) is 0 Å². The highest BCUT2D eigenvalue weighted by Crippen LogP contribution is 2.30. The van der Waals surface area contributed by atoms with Crippen LogP contribution in [0.15, 0.2) is 66.7 Å². The van der Waals surface area contributed by atoms with Crippen LogP contribution < -0.4 is 15.4 Å². The number of benzene rings is 3. The monoisotopic (exact) mass is 470 g/mol. The van der Waals surface area contributed by atoms with Crippen LogP contribution in [0, 0.1) is 0 Å². The third-order valence-corrected chi connectivity index (χ3v) is 6.92. The van der Waals surface area contributed by atoms with Crippen LogP contribution in [-0.4, -0.2) is 25.0 Å². The predicted octanol–water partition coefficient (Wildman–Crippen LogP) is 4.26. The van der Waals surface area contributed by atoms with Gasteiger partial charge in [-0.1, -0.05) is 42.5 Å². The van der Waals surface area contributed by atoms with Crippen molar-refractivity contribution in [1.82, 2.24) is 10.6 Å². The number of carbonyl (C=O) groups excluding carboxylic acids is 2.